The molecule has 2 aromatic rings. The molecule has 0 aliphatic heterocycles. The van der Waals surface area contributed by atoms with Crippen LogP contribution < -0.4 is 10.0 Å². The molecule has 0 amide bonds. The molecule has 3 atom stereocenters. The molecule has 9 nitrogen and oxygen atoms in total. The van der Waals surface area contributed by atoms with E-state index in [0.717, 1.165) is 30.5 Å². The summed E-state index contributed by atoms with van der Waals surface area (Å²) in [6.45, 7) is 0.917. The van der Waals surface area contributed by atoms with E-state index >= 15 is 0 Å². The predicted molar refractivity (Wildman–Crippen MR) is 110 cm³/mol. The summed E-state index contributed by atoms with van der Waals surface area (Å²) in [6, 6.07) is 1.33. The van der Waals surface area contributed by atoms with Crippen LogP contribution in [0.1, 0.15) is 51.0 Å². The maximum atomic E-state index is 11.7. The van der Waals surface area contributed by atoms with Gasteiger partial charge in [0.15, 0.2) is 0 Å². The van der Waals surface area contributed by atoms with Crippen LogP contribution in [0.5, 0.6) is 0 Å². The van der Waals surface area contributed by atoms with Crippen molar-refractivity contribution in [3.63, 3.8) is 0 Å². The highest BCUT2D eigenvalue weighted by Gasteiger charge is 2.37. The van der Waals surface area contributed by atoms with Crippen LogP contribution in [-0.4, -0.2) is 53.9 Å². The molecule has 3 N–H and O–H groups in total. The molecule has 10 heteroatoms. The summed E-state index contributed by atoms with van der Waals surface area (Å²) >= 11 is 0. The number of hydrogen-bond acceptors (Lipinski definition) is 7. The van der Waals surface area contributed by atoms with E-state index in [4.69, 9.17) is 0 Å². The Bertz CT molecular complexity index is 941. The SMILES string of the molecule is COS(=O)(=O)N[C@H]1C[C@@H](n2ccc3c(NCC4CCCCC4)ncnc32)C[C@@H]1O. The van der Waals surface area contributed by atoms with Gasteiger partial charge in [-0.3, -0.25) is 4.18 Å². The largest absolute Gasteiger partial charge is 0.391 e. The lowest BCUT2D eigenvalue weighted by Gasteiger charge is -2.22. The molecule has 2 saturated carbocycles. The molecule has 0 bridgehead atoms. The molecule has 0 spiro atoms. The van der Waals surface area contributed by atoms with Crippen molar-refractivity contribution < 1.29 is 17.7 Å². The molecule has 0 saturated heterocycles. The Morgan fingerprint density at radius 3 is 2.79 bits per heavy atom. The van der Waals surface area contributed by atoms with Gasteiger partial charge in [-0.05, 0) is 37.7 Å². The minimum absolute atomic E-state index is 0.0619. The van der Waals surface area contributed by atoms with Gasteiger partial charge in [-0.2, -0.15) is 13.1 Å². The van der Waals surface area contributed by atoms with Crippen molar-refractivity contribution in [1.82, 2.24) is 19.3 Å². The molecule has 0 aromatic carbocycles. The Kier molecular flexibility index (Phi) is 6.05. The van der Waals surface area contributed by atoms with Gasteiger partial charge in [0.25, 0.3) is 0 Å². The topological polar surface area (TPSA) is 118 Å². The number of aliphatic hydroxyl groups excluding tert-OH is 1. The summed E-state index contributed by atoms with van der Waals surface area (Å²) in [5, 5.41) is 14.8. The fourth-order valence-corrected chi connectivity index (χ4v) is 5.34. The van der Waals surface area contributed by atoms with Crippen molar-refractivity contribution in [3.8, 4) is 0 Å². The molecule has 4 rings (SSSR count). The highest BCUT2D eigenvalue weighted by atomic mass is 32.2. The van der Waals surface area contributed by atoms with Crippen LogP contribution in [0, 0.1) is 5.92 Å². The first-order valence-corrected chi connectivity index (χ1v) is 11.7. The van der Waals surface area contributed by atoms with E-state index in [1.54, 1.807) is 6.33 Å². The van der Waals surface area contributed by atoms with Crippen molar-refractivity contribution in [3.05, 3.63) is 18.6 Å². The molecule has 0 radical (unpaired) electrons. The summed E-state index contributed by atoms with van der Waals surface area (Å²) < 4.78 is 32.2. The first kappa shape index (κ1) is 20.5. The van der Waals surface area contributed by atoms with E-state index in [0.29, 0.717) is 18.8 Å². The highest BCUT2D eigenvalue weighted by Crippen LogP contribution is 2.34. The van der Waals surface area contributed by atoms with Gasteiger partial charge in [-0.25, -0.2) is 9.97 Å². The fraction of sp³-hybridized carbons (Fsp3) is 0.684. The molecule has 160 valence electrons. The van der Waals surface area contributed by atoms with Crippen LogP contribution >= 0.6 is 0 Å². The molecule has 2 aliphatic rings. The Labute approximate surface area is 171 Å². The maximum absolute atomic E-state index is 11.7. The van der Waals surface area contributed by atoms with Crippen LogP contribution in [0.4, 0.5) is 5.82 Å². The van der Waals surface area contributed by atoms with Gasteiger partial charge in [0.05, 0.1) is 24.6 Å². The number of nitrogens with zero attached hydrogens (tertiary/aromatic N) is 3. The zero-order valence-corrected chi connectivity index (χ0v) is 17.4. The molecule has 2 aliphatic carbocycles. The normalized spacial score (nSPS) is 26.2. The fourth-order valence-electron chi connectivity index (χ4n) is 4.62. The van der Waals surface area contributed by atoms with Crippen LogP contribution in [0.2, 0.25) is 0 Å². The van der Waals surface area contributed by atoms with E-state index in [2.05, 4.69) is 24.2 Å². The van der Waals surface area contributed by atoms with E-state index in [-0.39, 0.29) is 6.04 Å². The van der Waals surface area contributed by atoms with Crippen molar-refractivity contribution >= 4 is 27.2 Å². The van der Waals surface area contributed by atoms with Crippen molar-refractivity contribution in [2.45, 2.75) is 63.1 Å². The lowest BCUT2D eigenvalue weighted by Crippen LogP contribution is -2.40. The summed E-state index contributed by atoms with van der Waals surface area (Å²) in [7, 11) is -2.75. The third-order valence-electron chi connectivity index (χ3n) is 6.20. The first-order valence-electron chi connectivity index (χ1n) is 10.3. The second-order valence-electron chi connectivity index (χ2n) is 8.11. The lowest BCUT2D eigenvalue weighted by molar-refractivity contribution is 0.154. The van der Waals surface area contributed by atoms with Gasteiger partial charge in [0, 0.05) is 18.8 Å². The summed E-state index contributed by atoms with van der Waals surface area (Å²) in [4.78, 5) is 8.88. The van der Waals surface area contributed by atoms with Gasteiger partial charge in [-0.15, -0.1) is 0 Å². The summed E-state index contributed by atoms with van der Waals surface area (Å²) in [5.74, 6) is 1.52. The number of hydrogen-bond donors (Lipinski definition) is 3. The third-order valence-corrected chi connectivity index (χ3v) is 7.23. The van der Waals surface area contributed by atoms with Gasteiger partial charge in [0.1, 0.15) is 17.8 Å². The third kappa shape index (κ3) is 4.55. The monoisotopic (exact) mass is 423 g/mol. The zero-order valence-electron chi connectivity index (χ0n) is 16.6. The van der Waals surface area contributed by atoms with Gasteiger partial charge in [-0.1, -0.05) is 19.3 Å². The molecular weight excluding hydrogens is 394 g/mol. The minimum Gasteiger partial charge on any atom is -0.391 e. The minimum atomic E-state index is -3.85. The molecule has 2 fully saturated rings. The Morgan fingerprint density at radius 1 is 1.24 bits per heavy atom. The van der Waals surface area contributed by atoms with Crippen molar-refractivity contribution in [1.29, 1.82) is 0 Å². The first-order chi connectivity index (χ1) is 14.0. The lowest BCUT2D eigenvalue weighted by atomic mass is 9.89. The predicted octanol–water partition coefficient (Wildman–Crippen LogP) is 1.97. The standard InChI is InChI=1S/C19H29N5O4S/c1-28-29(26,27)23-16-9-14(10-17(16)25)24-8-7-15-18(21-12-22-19(15)24)20-11-13-5-3-2-4-6-13/h7-8,12-14,16-17,23,25H,2-6,9-11H2,1H3,(H,20,21,22)/t14-,16+,17+/m1/s1. The van der Waals surface area contributed by atoms with Gasteiger partial charge >= 0.3 is 10.3 Å². The van der Waals surface area contributed by atoms with Crippen molar-refractivity contribution in [2.24, 2.45) is 5.92 Å². The number of fused-ring (bicyclic) bond motifs is 1. The smallest absolute Gasteiger partial charge is 0.335 e. The van der Waals surface area contributed by atoms with E-state index in [9.17, 15) is 13.5 Å². The zero-order chi connectivity index (χ0) is 20.4. The Balaban J connectivity index is 1.49. The molecule has 0 unspecified atom stereocenters. The molecular formula is C19H29N5O4S. The van der Waals surface area contributed by atoms with Crippen LogP contribution in [0.3, 0.4) is 0 Å². The summed E-state index contributed by atoms with van der Waals surface area (Å²) in [6.07, 6.45) is 10.1. The average Bonchev–Trinajstić information content (AvgIpc) is 3.31. The highest BCUT2D eigenvalue weighted by molar-refractivity contribution is 7.84. The second-order valence-corrected chi connectivity index (χ2v) is 9.58. The number of aliphatic hydroxyl groups is 1. The van der Waals surface area contributed by atoms with E-state index < -0.39 is 22.4 Å². The van der Waals surface area contributed by atoms with Crippen LogP contribution in [-0.2, 0) is 14.5 Å². The number of anilines is 1. The average molecular weight is 424 g/mol. The summed E-state index contributed by atoms with van der Waals surface area (Å²) in [5.41, 5.74) is 0.790. The van der Waals surface area contributed by atoms with E-state index in [1.165, 1.54) is 32.1 Å². The molecule has 2 aromatic heterocycles. The Morgan fingerprint density at radius 2 is 2.03 bits per heavy atom. The number of rotatable bonds is 7. The molecule has 2 heterocycles. The van der Waals surface area contributed by atoms with Crippen LogP contribution in [0.15, 0.2) is 18.6 Å². The van der Waals surface area contributed by atoms with E-state index in [1.807, 2.05) is 16.8 Å². The van der Waals surface area contributed by atoms with Gasteiger partial charge < -0.3 is 15.0 Å². The Hall–Kier alpha value is -1.75. The molecule has 29 heavy (non-hydrogen) atoms. The van der Waals surface area contributed by atoms with Crippen molar-refractivity contribution in [2.75, 3.05) is 19.0 Å². The van der Waals surface area contributed by atoms with Gasteiger partial charge in [0.2, 0.25) is 0 Å². The second kappa shape index (κ2) is 8.55. The number of nitrogens with one attached hydrogen (secondary N) is 2. The van der Waals surface area contributed by atoms with Crippen LogP contribution in [0.25, 0.3) is 11.0 Å². The number of aromatic nitrogens is 3. The quantitative estimate of drug-likeness (QED) is 0.623. The maximum Gasteiger partial charge on any atom is 0.335 e.